The van der Waals surface area contributed by atoms with Crippen molar-refractivity contribution in [3.8, 4) is 0 Å². The Hall–Kier alpha value is -3.53. The van der Waals surface area contributed by atoms with Crippen LogP contribution in [0.15, 0.2) is 85.1 Å². The molecule has 0 rings (SSSR count). The molecule has 2 atom stereocenters. The van der Waals surface area contributed by atoms with E-state index in [9.17, 15) is 19.5 Å². The minimum atomic E-state index is -1.52. The number of carboxylic acid groups (broad SMARTS) is 1. The Kier molecular flexibility index (Phi) is 56.9. The summed E-state index contributed by atoms with van der Waals surface area (Å²) >= 11 is 0. The molecular weight excluding hydrogens is 971 g/mol. The summed E-state index contributed by atoms with van der Waals surface area (Å²) in [6, 6.07) is 0. The maximum Gasteiger partial charge on any atom is 0.361 e. The number of quaternary nitrogens is 1. The van der Waals surface area contributed by atoms with Crippen LogP contribution in [0.25, 0.3) is 0 Å². The fraction of sp³-hybridized carbons (Fsp3) is 0.754. The van der Waals surface area contributed by atoms with Crippen molar-refractivity contribution >= 4 is 17.9 Å². The minimum absolute atomic E-state index is 0.181. The van der Waals surface area contributed by atoms with E-state index in [-0.39, 0.29) is 32.2 Å². The molecule has 9 nitrogen and oxygen atoms in total. The van der Waals surface area contributed by atoms with Crippen LogP contribution in [0.5, 0.6) is 0 Å². The van der Waals surface area contributed by atoms with Gasteiger partial charge >= 0.3 is 17.9 Å². The Morgan fingerprint density at radius 1 is 0.397 bits per heavy atom. The van der Waals surface area contributed by atoms with E-state index < -0.39 is 24.3 Å². The van der Waals surface area contributed by atoms with E-state index in [1.807, 2.05) is 21.1 Å². The van der Waals surface area contributed by atoms with E-state index in [1.54, 1.807) is 0 Å². The third-order valence-electron chi connectivity index (χ3n) is 13.9. The topological polar surface area (TPSA) is 108 Å². The van der Waals surface area contributed by atoms with Crippen LogP contribution >= 0.6 is 0 Å². The van der Waals surface area contributed by atoms with Crippen molar-refractivity contribution in [3.05, 3.63) is 85.1 Å². The average Bonchev–Trinajstić information content (AvgIpc) is 3.41. The zero-order chi connectivity index (χ0) is 56.9. The molecule has 0 fully saturated rings. The van der Waals surface area contributed by atoms with Crippen LogP contribution < -0.4 is 0 Å². The van der Waals surface area contributed by atoms with Crippen molar-refractivity contribution in [3.63, 3.8) is 0 Å². The highest BCUT2D eigenvalue weighted by atomic mass is 16.7. The van der Waals surface area contributed by atoms with Gasteiger partial charge in [-0.25, -0.2) is 4.79 Å². The number of likely N-dealkylation sites (N-methyl/N-ethyl adjacent to an activating group) is 1. The number of rotatable bonds is 59. The first-order chi connectivity index (χ1) is 38.1. The monoisotopic (exact) mass is 1090 g/mol. The summed E-state index contributed by atoms with van der Waals surface area (Å²) in [4.78, 5) is 37.5. The molecule has 0 aliphatic carbocycles. The highest BCUT2D eigenvalue weighted by molar-refractivity contribution is 5.71. The summed E-state index contributed by atoms with van der Waals surface area (Å²) in [6.07, 6.45) is 76.8. The van der Waals surface area contributed by atoms with Gasteiger partial charge in [-0.15, -0.1) is 0 Å². The van der Waals surface area contributed by atoms with Crippen LogP contribution in [0.1, 0.15) is 277 Å². The number of esters is 2. The van der Waals surface area contributed by atoms with Gasteiger partial charge in [0.2, 0.25) is 0 Å². The normalized spacial score (nSPS) is 13.3. The molecule has 450 valence electrons. The average molecular weight is 1090 g/mol. The Bertz CT molecular complexity index is 1550. The Morgan fingerprint density at radius 3 is 1.09 bits per heavy atom. The summed E-state index contributed by atoms with van der Waals surface area (Å²) in [7, 11) is 5.97. The molecule has 0 spiro atoms. The molecular formula is C69H122NO8+. The number of carbonyl (C=O) groups excluding carboxylic acids is 2. The van der Waals surface area contributed by atoms with Gasteiger partial charge in [0.25, 0.3) is 6.29 Å². The number of ether oxygens (including phenoxy) is 4. The molecule has 0 aliphatic rings. The Morgan fingerprint density at radius 2 is 0.731 bits per heavy atom. The number of allylic oxidation sites excluding steroid dienone is 14. The van der Waals surface area contributed by atoms with Gasteiger partial charge in [-0.2, -0.15) is 0 Å². The summed E-state index contributed by atoms with van der Waals surface area (Å²) in [5, 5.41) is 9.73. The second-order valence-electron chi connectivity index (χ2n) is 22.7. The molecule has 0 bridgehead atoms. The van der Waals surface area contributed by atoms with Crippen LogP contribution in [0.3, 0.4) is 0 Å². The van der Waals surface area contributed by atoms with Crippen molar-refractivity contribution in [2.45, 2.75) is 289 Å². The largest absolute Gasteiger partial charge is 0.477 e. The third kappa shape index (κ3) is 60.1. The first-order valence-electron chi connectivity index (χ1n) is 32.3. The number of carboxylic acids is 1. The molecule has 9 heteroatoms. The second kappa shape index (κ2) is 59.6. The summed E-state index contributed by atoms with van der Waals surface area (Å²) in [5.74, 6) is -2.03. The first-order valence-corrected chi connectivity index (χ1v) is 32.3. The summed E-state index contributed by atoms with van der Waals surface area (Å²) in [6.45, 7) is 4.77. The lowest BCUT2D eigenvalue weighted by Crippen LogP contribution is -2.40. The van der Waals surface area contributed by atoms with Gasteiger partial charge in [0, 0.05) is 12.8 Å². The molecule has 0 saturated carbocycles. The predicted octanol–water partition coefficient (Wildman–Crippen LogP) is 19.5. The number of aliphatic carboxylic acids is 1. The fourth-order valence-electron chi connectivity index (χ4n) is 9.00. The third-order valence-corrected chi connectivity index (χ3v) is 13.9. The van der Waals surface area contributed by atoms with Crippen LogP contribution in [-0.4, -0.2) is 87.4 Å². The molecule has 78 heavy (non-hydrogen) atoms. The lowest BCUT2D eigenvalue weighted by atomic mass is 10.0. The summed E-state index contributed by atoms with van der Waals surface area (Å²) < 4.78 is 22.9. The number of unbranched alkanes of at least 4 members (excludes halogenated alkanes) is 30. The van der Waals surface area contributed by atoms with Crippen molar-refractivity contribution in [1.29, 1.82) is 0 Å². The SMILES string of the molecule is CC/C=C\C/C=C\C/C=C\C/C=C\C/C=C\C/C=C\C/C=C\CCCCCCCC(=O)OC(COC(=O)CCCCCCCCCCCCCCCCCCCCCCCCCCCC)COC(OCC[N+](C)(C)C)C(=O)O. The Balaban J connectivity index is 4.23. The molecule has 0 saturated heterocycles. The highest BCUT2D eigenvalue weighted by Crippen LogP contribution is 2.17. The van der Waals surface area contributed by atoms with E-state index in [2.05, 4.69) is 98.9 Å². The molecule has 0 amide bonds. The van der Waals surface area contributed by atoms with Gasteiger partial charge in [-0.1, -0.05) is 279 Å². The van der Waals surface area contributed by atoms with Crippen LogP contribution in [0.2, 0.25) is 0 Å². The lowest BCUT2D eigenvalue weighted by molar-refractivity contribution is -0.870. The maximum atomic E-state index is 12.9. The zero-order valence-electron chi connectivity index (χ0n) is 51.3. The summed E-state index contributed by atoms with van der Waals surface area (Å²) in [5.41, 5.74) is 0. The first kappa shape index (κ1) is 74.5. The number of hydrogen-bond donors (Lipinski definition) is 1. The predicted molar refractivity (Wildman–Crippen MR) is 332 cm³/mol. The highest BCUT2D eigenvalue weighted by Gasteiger charge is 2.25. The standard InChI is InChI=1S/C69H121NO8/c1-6-8-10-12-14-16-18-20-22-24-26-28-30-32-34-36-38-40-42-44-46-48-50-52-54-56-58-60-67(72)78-65(64-77-69(68(73)74)75-62-61-70(3,4)5)63-76-66(71)59-57-55-53-51-49-47-45-43-41-39-37-35-33-31-29-27-25-23-21-19-17-15-13-11-9-7-2/h8,10,14,16,20,22,26,28,32,34,38,40,44,46,65,69H,6-7,9,11-13,15,17-19,21,23-25,27,29-31,33,35-37,39,41-43,45,47-64H2,1-5H3/p+1/b10-8-,16-14-,22-20-,28-26-,34-32-,40-38-,46-44-. The lowest BCUT2D eigenvalue weighted by Gasteiger charge is -2.25. The molecule has 0 heterocycles. The number of carbonyl (C=O) groups is 3. The molecule has 0 aromatic carbocycles. The van der Waals surface area contributed by atoms with Crippen molar-refractivity contribution in [1.82, 2.24) is 0 Å². The van der Waals surface area contributed by atoms with E-state index in [0.717, 1.165) is 96.3 Å². The van der Waals surface area contributed by atoms with Crippen LogP contribution in [0, 0.1) is 0 Å². The molecule has 0 aromatic heterocycles. The van der Waals surface area contributed by atoms with Gasteiger partial charge in [0.15, 0.2) is 6.10 Å². The van der Waals surface area contributed by atoms with Crippen LogP contribution in [-0.2, 0) is 33.3 Å². The minimum Gasteiger partial charge on any atom is -0.477 e. The van der Waals surface area contributed by atoms with Crippen LogP contribution in [0.4, 0.5) is 0 Å². The van der Waals surface area contributed by atoms with Crippen molar-refractivity contribution in [2.24, 2.45) is 0 Å². The van der Waals surface area contributed by atoms with Crippen molar-refractivity contribution in [2.75, 3.05) is 47.5 Å². The fourth-order valence-corrected chi connectivity index (χ4v) is 9.00. The van der Waals surface area contributed by atoms with Gasteiger partial charge in [-0.3, -0.25) is 9.59 Å². The van der Waals surface area contributed by atoms with Gasteiger partial charge < -0.3 is 28.5 Å². The van der Waals surface area contributed by atoms with E-state index in [0.29, 0.717) is 23.9 Å². The van der Waals surface area contributed by atoms with Gasteiger partial charge in [0.05, 0.1) is 34.4 Å². The molecule has 2 unspecified atom stereocenters. The molecule has 0 aromatic rings. The quantitative estimate of drug-likeness (QED) is 0.0211. The molecule has 0 aliphatic heterocycles. The van der Waals surface area contributed by atoms with E-state index in [4.69, 9.17) is 18.9 Å². The van der Waals surface area contributed by atoms with E-state index in [1.165, 1.54) is 148 Å². The maximum absolute atomic E-state index is 12.9. The van der Waals surface area contributed by atoms with Crippen molar-refractivity contribution < 1.29 is 42.9 Å². The number of hydrogen-bond acceptors (Lipinski definition) is 7. The Labute approximate surface area is 480 Å². The van der Waals surface area contributed by atoms with Gasteiger partial charge in [-0.05, 0) is 70.6 Å². The zero-order valence-corrected chi connectivity index (χ0v) is 51.3. The van der Waals surface area contributed by atoms with Gasteiger partial charge in [0.1, 0.15) is 13.2 Å². The molecule has 0 radical (unpaired) electrons. The second-order valence-corrected chi connectivity index (χ2v) is 22.7. The van der Waals surface area contributed by atoms with E-state index >= 15 is 0 Å². The molecule has 1 N–H and O–H groups in total. The number of nitrogens with zero attached hydrogens (tertiary/aromatic N) is 1. The smallest absolute Gasteiger partial charge is 0.361 e.